The van der Waals surface area contributed by atoms with Crippen molar-refractivity contribution in [3.8, 4) is 0 Å². The normalized spacial score (nSPS) is 24.8. The van der Waals surface area contributed by atoms with Crippen molar-refractivity contribution >= 4 is 17.5 Å². The van der Waals surface area contributed by atoms with Crippen LogP contribution in [-0.4, -0.2) is 31.1 Å². The molecule has 140 valence electrons. The lowest BCUT2D eigenvalue weighted by Crippen LogP contribution is -2.23. The van der Waals surface area contributed by atoms with Crippen LogP contribution < -0.4 is 5.32 Å². The van der Waals surface area contributed by atoms with Gasteiger partial charge in [-0.25, -0.2) is 0 Å². The topological polar surface area (TPSA) is 95.8 Å². The molecule has 0 unspecified atom stereocenters. The van der Waals surface area contributed by atoms with E-state index in [1.807, 2.05) is 17.1 Å². The zero-order valence-corrected chi connectivity index (χ0v) is 15.5. The van der Waals surface area contributed by atoms with Crippen molar-refractivity contribution < 1.29 is 9.90 Å². The second-order valence-electron chi connectivity index (χ2n) is 8.55. The van der Waals surface area contributed by atoms with Gasteiger partial charge < -0.3 is 10.4 Å². The number of fused-ring (bicyclic) bond motifs is 1. The first kappa shape index (κ1) is 17.1. The van der Waals surface area contributed by atoms with Gasteiger partial charge in [0.1, 0.15) is 0 Å². The van der Waals surface area contributed by atoms with Crippen LogP contribution in [0.4, 0.5) is 11.5 Å². The van der Waals surface area contributed by atoms with Crippen LogP contribution in [-0.2, 0) is 17.6 Å². The molecule has 2 aliphatic rings. The highest BCUT2D eigenvalue weighted by Gasteiger charge is 2.29. The number of anilines is 2. The average molecular weight is 357 g/mol. The number of carboxylic acid groups (broad SMARTS) is 1. The second kappa shape index (κ2) is 6.45. The number of aliphatic carboxylic acids is 1. The van der Waals surface area contributed by atoms with Crippen LogP contribution in [0.2, 0.25) is 0 Å². The van der Waals surface area contributed by atoms with Gasteiger partial charge in [-0.3, -0.25) is 14.6 Å². The van der Waals surface area contributed by atoms with Gasteiger partial charge in [-0.05, 0) is 50.4 Å². The molecule has 0 amide bonds. The minimum absolute atomic E-state index is 0.195. The van der Waals surface area contributed by atoms with Gasteiger partial charge >= 0.3 is 5.97 Å². The fourth-order valence-electron chi connectivity index (χ4n) is 4.28. The molecule has 0 atom stereocenters. The van der Waals surface area contributed by atoms with E-state index in [4.69, 9.17) is 5.11 Å². The first-order chi connectivity index (χ1) is 12.4. The summed E-state index contributed by atoms with van der Waals surface area (Å²) >= 11 is 0. The highest BCUT2D eigenvalue weighted by atomic mass is 16.4. The van der Waals surface area contributed by atoms with Crippen LogP contribution in [0.5, 0.6) is 0 Å². The molecule has 26 heavy (non-hydrogen) atoms. The molecule has 1 fully saturated rings. The van der Waals surface area contributed by atoms with Gasteiger partial charge in [-0.1, -0.05) is 13.8 Å². The van der Waals surface area contributed by atoms with Crippen LogP contribution in [0.1, 0.15) is 63.3 Å². The Kier molecular flexibility index (Phi) is 4.25. The van der Waals surface area contributed by atoms with Crippen molar-refractivity contribution in [1.82, 2.24) is 20.0 Å². The van der Waals surface area contributed by atoms with Gasteiger partial charge in [-0.15, -0.1) is 0 Å². The number of nitrogens with one attached hydrogen (secondary N) is 2. The van der Waals surface area contributed by atoms with Crippen LogP contribution in [0.25, 0.3) is 0 Å². The van der Waals surface area contributed by atoms with E-state index in [0.29, 0.717) is 5.41 Å². The number of hydrogen-bond acceptors (Lipinski definition) is 4. The van der Waals surface area contributed by atoms with Crippen molar-refractivity contribution in [3.63, 3.8) is 0 Å². The Labute approximate surface area is 153 Å². The smallest absolute Gasteiger partial charge is 0.306 e. The van der Waals surface area contributed by atoms with Crippen molar-refractivity contribution in [2.24, 2.45) is 11.3 Å². The molecule has 1 saturated carbocycles. The molecular weight excluding hydrogens is 330 g/mol. The van der Waals surface area contributed by atoms with Crippen LogP contribution in [0, 0.1) is 11.3 Å². The molecule has 2 aromatic heterocycles. The maximum Gasteiger partial charge on any atom is 0.306 e. The summed E-state index contributed by atoms with van der Waals surface area (Å²) in [6.45, 7) is 4.60. The molecule has 7 heteroatoms. The van der Waals surface area contributed by atoms with Crippen molar-refractivity contribution in [1.29, 1.82) is 0 Å². The van der Waals surface area contributed by atoms with Gasteiger partial charge in [0.2, 0.25) is 0 Å². The summed E-state index contributed by atoms with van der Waals surface area (Å²) in [6.07, 6.45) is 10.3. The highest BCUT2D eigenvalue weighted by molar-refractivity contribution is 5.70. The number of H-pyrrole nitrogens is 1. The van der Waals surface area contributed by atoms with E-state index in [1.54, 1.807) is 0 Å². The molecule has 0 aliphatic heterocycles. The highest BCUT2D eigenvalue weighted by Crippen LogP contribution is 2.37. The molecule has 2 heterocycles. The number of carbonyl (C=O) groups is 1. The molecule has 4 rings (SSSR count). The van der Waals surface area contributed by atoms with Crippen LogP contribution in [0.15, 0.2) is 12.4 Å². The third-order valence-corrected chi connectivity index (χ3v) is 5.94. The van der Waals surface area contributed by atoms with E-state index in [9.17, 15) is 4.79 Å². The third kappa shape index (κ3) is 3.34. The lowest BCUT2D eigenvalue weighted by atomic mass is 9.77. The van der Waals surface area contributed by atoms with Gasteiger partial charge in [-0.2, -0.15) is 10.2 Å². The molecule has 2 aliphatic carbocycles. The van der Waals surface area contributed by atoms with Gasteiger partial charge in [0, 0.05) is 17.5 Å². The summed E-state index contributed by atoms with van der Waals surface area (Å²) in [5, 5.41) is 24.7. The van der Waals surface area contributed by atoms with E-state index < -0.39 is 5.97 Å². The maximum atomic E-state index is 11.1. The molecule has 0 aromatic carbocycles. The molecule has 0 saturated heterocycles. The number of aromatic amines is 1. The second-order valence-corrected chi connectivity index (χ2v) is 8.55. The SMILES string of the molecule is CC1(C)CCc2c(Nc3cnn(C4CCC(C(=O)O)CC4)c3)n[nH]c2C1. The molecular formula is C19H27N5O2. The van der Waals surface area contributed by atoms with Crippen LogP contribution >= 0.6 is 0 Å². The number of rotatable bonds is 4. The molecule has 0 radical (unpaired) electrons. The molecule has 0 bridgehead atoms. The number of aromatic nitrogens is 4. The Bertz CT molecular complexity index is 799. The van der Waals surface area contributed by atoms with E-state index >= 15 is 0 Å². The van der Waals surface area contributed by atoms with Gasteiger partial charge in [0.25, 0.3) is 0 Å². The molecule has 7 nitrogen and oxygen atoms in total. The first-order valence-electron chi connectivity index (χ1n) is 9.51. The zero-order chi connectivity index (χ0) is 18.3. The predicted octanol–water partition coefficient (Wildman–Crippen LogP) is 3.68. The average Bonchev–Trinajstić information content (AvgIpc) is 3.21. The van der Waals surface area contributed by atoms with E-state index in [0.717, 1.165) is 50.0 Å². The minimum Gasteiger partial charge on any atom is -0.481 e. The monoisotopic (exact) mass is 357 g/mol. The van der Waals surface area contributed by atoms with Gasteiger partial charge in [0.15, 0.2) is 5.82 Å². The summed E-state index contributed by atoms with van der Waals surface area (Å²) in [6, 6.07) is 0.287. The standard InChI is InChI=1S/C19H27N5O2/c1-19(2)8-7-15-16(9-19)22-23-17(15)21-13-10-20-24(11-13)14-5-3-12(4-6-14)18(25)26/h10-12,14H,3-9H2,1-2H3,(H,25,26)(H2,21,22,23). The summed E-state index contributed by atoms with van der Waals surface area (Å²) in [5.41, 5.74) is 3.79. The summed E-state index contributed by atoms with van der Waals surface area (Å²) in [4.78, 5) is 11.1. The number of carboxylic acids is 1. The largest absolute Gasteiger partial charge is 0.481 e. The lowest BCUT2D eigenvalue weighted by molar-refractivity contribution is -0.143. The van der Waals surface area contributed by atoms with E-state index in [1.165, 1.54) is 17.7 Å². The number of hydrogen-bond donors (Lipinski definition) is 3. The third-order valence-electron chi connectivity index (χ3n) is 5.94. The summed E-state index contributed by atoms with van der Waals surface area (Å²) in [5.74, 6) is 0.0432. The van der Waals surface area contributed by atoms with Gasteiger partial charge in [0.05, 0.1) is 23.8 Å². The minimum atomic E-state index is -0.669. The van der Waals surface area contributed by atoms with Crippen molar-refractivity contribution in [3.05, 3.63) is 23.7 Å². The summed E-state index contributed by atoms with van der Waals surface area (Å²) < 4.78 is 1.97. The van der Waals surface area contributed by atoms with E-state index in [2.05, 4.69) is 34.5 Å². The Morgan fingerprint density at radius 1 is 1.35 bits per heavy atom. The quantitative estimate of drug-likeness (QED) is 0.776. The lowest BCUT2D eigenvalue weighted by Gasteiger charge is -2.29. The Hall–Kier alpha value is -2.31. The zero-order valence-electron chi connectivity index (χ0n) is 15.5. The molecule has 0 spiro atoms. The molecule has 3 N–H and O–H groups in total. The Morgan fingerprint density at radius 3 is 2.85 bits per heavy atom. The maximum absolute atomic E-state index is 11.1. The summed E-state index contributed by atoms with van der Waals surface area (Å²) in [7, 11) is 0. The Morgan fingerprint density at radius 2 is 2.12 bits per heavy atom. The van der Waals surface area contributed by atoms with E-state index in [-0.39, 0.29) is 12.0 Å². The first-order valence-corrected chi connectivity index (χ1v) is 9.51. The van der Waals surface area contributed by atoms with Crippen LogP contribution in [0.3, 0.4) is 0 Å². The fraction of sp³-hybridized carbons (Fsp3) is 0.632. The Balaban J connectivity index is 1.42. The van der Waals surface area contributed by atoms with Crippen molar-refractivity contribution in [2.45, 2.75) is 64.8 Å². The van der Waals surface area contributed by atoms with Crippen molar-refractivity contribution in [2.75, 3.05) is 5.32 Å². The molecule has 2 aromatic rings. The fourth-order valence-corrected chi connectivity index (χ4v) is 4.28. The predicted molar refractivity (Wildman–Crippen MR) is 98.5 cm³/mol. The number of nitrogens with zero attached hydrogens (tertiary/aromatic N) is 3.